The number of benzene rings is 1. The molecule has 0 aliphatic heterocycles. The summed E-state index contributed by atoms with van der Waals surface area (Å²) in [6.07, 6.45) is 0. The van der Waals surface area contributed by atoms with Crippen LogP contribution < -0.4 is 15.2 Å². The molecule has 2 N–H and O–H groups in total. The maximum Gasteiger partial charge on any atom is 0.188 e. The molecule has 0 heterocycles. The Hall–Kier alpha value is -1.42. The minimum atomic E-state index is 0.198. The van der Waals surface area contributed by atoms with E-state index in [9.17, 15) is 0 Å². The first-order chi connectivity index (χ1) is 6.77. The monoisotopic (exact) mass is 197 g/mol. The van der Waals surface area contributed by atoms with Gasteiger partial charge in [0.05, 0.1) is 6.61 Å². The average Bonchev–Trinajstić information content (AvgIpc) is 2.17. The molecule has 0 fully saturated rings. The second kappa shape index (κ2) is 5.34. The van der Waals surface area contributed by atoms with Crippen molar-refractivity contribution >= 4 is 5.69 Å². The summed E-state index contributed by atoms with van der Waals surface area (Å²) in [5.41, 5.74) is 6.27. The molecule has 0 atom stereocenters. The standard InChI is InChI=1S/C10H15NO3/c1-3-13-10-6-8(11)4-5-9(10)14-7-12-2/h4-6H,3,7,11H2,1-2H3. The van der Waals surface area contributed by atoms with E-state index in [1.54, 1.807) is 25.3 Å². The van der Waals surface area contributed by atoms with Crippen molar-refractivity contribution in [2.45, 2.75) is 6.92 Å². The second-order valence-corrected chi connectivity index (χ2v) is 2.69. The highest BCUT2D eigenvalue weighted by Crippen LogP contribution is 2.29. The Morgan fingerprint density at radius 2 is 2.00 bits per heavy atom. The highest BCUT2D eigenvalue weighted by molar-refractivity contribution is 5.51. The SMILES string of the molecule is CCOc1cc(N)ccc1OCOC. The Morgan fingerprint density at radius 3 is 2.64 bits per heavy atom. The van der Waals surface area contributed by atoms with E-state index in [2.05, 4.69) is 0 Å². The van der Waals surface area contributed by atoms with Gasteiger partial charge in [0.15, 0.2) is 18.3 Å². The first-order valence-electron chi connectivity index (χ1n) is 4.42. The first kappa shape index (κ1) is 10.7. The summed E-state index contributed by atoms with van der Waals surface area (Å²) >= 11 is 0. The van der Waals surface area contributed by atoms with E-state index >= 15 is 0 Å². The molecule has 0 saturated heterocycles. The molecule has 78 valence electrons. The Morgan fingerprint density at radius 1 is 1.21 bits per heavy atom. The number of methoxy groups -OCH3 is 1. The summed E-state index contributed by atoms with van der Waals surface area (Å²) in [6.45, 7) is 2.68. The Bertz CT molecular complexity index is 289. The molecule has 0 amide bonds. The van der Waals surface area contributed by atoms with Crippen LogP contribution in [0.5, 0.6) is 11.5 Å². The number of rotatable bonds is 5. The third-order valence-corrected chi connectivity index (χ3v) is 1.60. The van der Waals surface area contributed by atoms with Crippen LogP contribution in [-0.2, 0) is 4.74 Å². The Balaban J connectivity index is 2.78. The van der Waals surface area contributed by atoms with E-state index in [0.717, 1.165) is 0 Å². The van der Waals surface area contributed by atoms with Crippen LogP contribution in [0.25, 0.3) is 0 Å². The van der Waals surface area contributed by atoms with Gasteiger partial charge in [-0.1, -0.05) is 0 Å². The van der Waals surface area contributed by atoms with E-state index in [-0.39, 0.29) is 6.79 Å². The number of ether oxygens (including phenoxy) is 3. The molecule has 0 bridgehead atoms. The van der Waals surface area contributed by atoms with Crippen LogP contribution in [-0.4, -0.2) is 20.5 Å². The summed E-state index contributed by atoms with van der Waals surface area (Å²) < 4.78 is 15.4. The van der Waals surface area contributed by atoms with Crippen molar-refractivity contribution in [3.05, 3.63) is 18.2 Å². The number of hydrogen-bond acceptors (Lipinski definition) is 4. The third-order valence-electron chi connectivity index (χ3n) is 1.60. The van der Waals surface area contributed by atoms with Crippen LogP contribution in [0.2, 0.25) is 0 Å². The smallest absolute Gasteiger partial charge is 0.188 e. The normalized spacial score (nSPS) is 9.86. The first-order valence-corrected chi connectivity index (χ1v) is 4.42. The largest absolute Gasteiger partial charge is 0.490 e. The lowest BCUT2D eigenvalue weighted by molar-refractivity contribution is 0.0487. The second-order valence-electron chi connectivity index (χ2n) is 2.69. The maximum atomic E-state index is 5.62. The lowest BCUT2D eigenvalue weighted by atomic mass is 10.3. The third kappa shape index (κ3) is 2.81. The molecule has 0 aliphatic rings. The van der Waals surface area contributed by atoms with Crippen LogP contribution in [0.3, 0.4) is 0 Å². The van der Waals surface area contributed by atoms with E-state index < -0.39 is 0 Å². The van der Waals surface area contributed by atoms with Crippen LogP contribution >= 0.6 is 0 Å². The van der Waals surface area contributed by atoms with Gasteiger partial charge in [-0.2, -0.15) is 0 Å². The molecule has 0 radical (unpaired) electrons. The van der Waals surface area contributed by atoms with Gasteiger partial charge in [-0.05, 0) is 19.1 Å². The zero-order valence-corrected chi connectivity index (χ0v) is 8.45. The average molecular weight is 197 g/mol. The molecule has 0 aliphatic carbocycles. The molecule has 0 spiro atoms. The quantitative estimate of drug-likeness (QED) is 0.576. The van der Waals surface area contributed by atoms with Gasteiger partial charge in [0.1, 0.15) is 0 Å². The van der Waals surface area contributed by atoms with E-state index in [1.807, 2.05) is 6.92 Å². The molecule has 1 aromatic rings. The van der Waals surface area contributed by atoms with E-state index in [4.69, 9.17) is 19.9 Å². The summed E-state index contributed by atoms with van der Waals surface area (Å²) in [4.78, 5) is 0. The highest BCUT2D eigenvalue weighted by atomic mass is 16.7. The number of hydrogen-bond donors (Lipinski definition) is 1. The summed E-state index contributed by atoms with van der Waals surface area (Å²) in [5, 5.41) is 0. The van der Waals surface area contributed by atoms with Crippen molar-refractivity contribution < 1.29 is 14.2 Å². The maximum absolute atomic E-state index is 5.62. The van der Waals surface area contributed by atoms with E-state index in [0.29, 0.717) is 23.8 Å². The molecule has 14 heavy (non-hydrogen) atoms. The van der Waals surface area contributed by atoms with Crippen LogP contribution in [0.15, 0.2) is 18.2 Å². The molecule has 1 rings (SSSR count). The van der Waals surface area contributed by atoms with Crippen molar-refractivity contribution in [1.82, 2.24) is 0 Å². The van der Waals surface area contributed by atoms with E-state index in [1.165, 1.54) is 0 Å². The van der Waals surface area contributed by atoms with Crippen molar-refractivity contribution in [3.63, 3.8) is 0 Å². The van der Waals surface area contributed by atoms with Crippen LogP contribution in [0.1, 0.15) is 6.92 Å². The molecule has 0 aromatic heterocycles. The minimum absolute atomic E-state index is 0.198. The molecule has 0 unspecified atom stereocenters. The molecular formula is C10H15NO3. The fraction of sp³-hybridized carbons (Fsp3) is 0.400. The molecule has 4 heteroatoms. The van der Waals surface area contributed by atoms with Crippen molar-refractivity contribution in [2.75, 3.05) is 26.2 Å². The van der Waals surface area contributed by atoms with Crippen LogP contribution in [0.4, 0.5) is 5.69 Å². The molecule has 0 saturated carbocycles. The molecule has 4 nitrogen and oxygen atoms in total. The number of nitrogens with two attached hydrogens (primary N) is 1. The fourth-order valence-electron chi connectivity index (χ4n) is 1.03. The predicted octanol–water partition coefficient (Wildman–Crippen LogP) is 1.65. The predicted molar refractivity (Wildman–Crippen MR) is 54.5 cm³/mol. The molecular weight excluding hydrogens is 182 g/mol. The van der Waals surface area contributed by atoms with Gasteiger partial charge < -0.3 is 19.9 Å². The lowest BCUT2D eigenvalue weighted by Crippen LogP contribution is -2.02. The zero-order valence-electron chi connectivity index (χ0n) is 8.45. The zero-order chi connectivity index (χ0) is 10.4. The molecule has 1 aromatic carbocycles. The van der Waals surface area contributed by atoms with Crippen molar-refractivity contribution in [3.8, 4) is 11.5 Å². The minimum Gasteiger partial charge on any atom is -0.490 e. The van der Waals surface area contributed by atoms with Crippen LogP contribution in [0, 0.1) is 0 Å². The van der Waals surface area contributed by atoms with Crippen molar-refractivity contribution in [1.29, 1.82) is 0 Å². The summed E-state index contributed by atoms with van der Waals surface area (Å²) in [5.74, 6) is 1.28. The number of nitrogen functional groups attached to an aromatic ring is 1. The van der Waals surface area contributed by atoms with Gasteiger partial charge in [0.2, 0.25) is 0 Å². The van der Waals surface area contributed by atoms with Crippen molar-refractivity contribution in [2.24, 2.45) is 0 Å². The Labute approximate surface area is 83.6 Å². The number of anilines is 1. The van der Waals surface area contributed by atoms with Gasteiger partial charge in [-0.25, -0.2) is 0 Å². The topological polar surface area (TPSA) is 53.7 Å². The highest BCUT2D eigenvalue weighted by Gasteiger charge is 2.04. The van der Waals surface area contributed by atoms with Gasteiger partial charge in [0.25, 0.3) is 0 Å². The Kier molecular flexibility index (Phi) is 4.07. The fourth-order valence-corrected chi connectivity index (χ4v) is 1.03. The summed E-state index contributed by atoms with van der Waals surface area (Å²) in [6, 6.07) is 5.25. The van der Waals surface area contributed by atoms with Gasteiger partial charge in [-0.3, -0.25) is 0 Å². The van der Waals surface area contributed by atoms with Gasteiger partial charge in [0, 0.05) is 18.9 Å². The van der Waals surface area contributed by atoms with Gasteiger partial charge in [-0.15, -0.1) is 0 Å². The van der Waals surface area contributed by atoms with Gasteiger partial charge >= 0.3 is 0 Å². The summed E-state index contributed by atoms with van der Waals surface area (Å²) in [7, 11) is 1.57. The lowest BCUT2D eigenvalue weighted by Gasteiger charge is -2.11.